The first-order valence-electron chi connectivity index (χ1n) is 5.30. The van der Waals surface area contributed by atoms with Crippen LogP contribution in [0.5, 0.6) is 0 Å². The van der Waals surface area contributed by atoms with E-state index in [-0.39, 0.29) is 0 Å². The number of unbranched alkanes of at least 4 members (excludes halogenated alkanes) is 1. The zero-order chi connectivity index (χ0) is 14.5. The second-order valence-corrected chi connectivity index (χ2v) is 5.85. The van der Waals surface area contributed by atoms with Crippen molar-refractivity contribution in [2.75, 3.05) is 0 Å². The Balaban J connectivity index is 0.000000360. The monoisotopic (exact) mass is 295 g/mol. The van der Waals surface area contributed by atoms with Crippen LogP contribution in [-0.4, -0.2) is 0 Å². The number of hydrogen-bond acceptors (Lipinski definition) is 0. The molecular weight excluding hydrogens is 279 g/mol. The molecule has 0 aliphatic heterocycles. The van der Waals surface area contributed by atoms with Crippen LogP contribution in [0.3, 0.4) is 0 Å². The maximum atomic E-state index is 9.87. The van der Waals surface area contributed by atoms with E-state index in [2.05, 4.69) is 42.9 Å². The molecule has 0 aliphatic rings. The third-order valence-corrected chi connectivity index (χ3v) is 1.78. The van der Waals surface area contributed by atoms with E-state index in [1.165, 1.54) is 18.4 Å². The molecule has 0 saturated heterocycles. The van der Waals surface area contributed by atoms with Crippen LogP contribution in [0.25, 0.3) is 0 Å². The third kappa shape index (κ3) is 17.6. The molecule has 1 nitrogen and oxygen atoms in total. The second kappa shape index (κ2) is 5.03. The Labute approximate surface area is 102 Å². The molecule has 1 heterocycles. The van der Waals surface area contributed by atoms with Gasteiger partial charge in [0.1, 0.15) is 6.54 Å². The van der Waals surface area contributed by atoms with E-state index in [1.54, 1.807) is 0 Å². The van der Waals surface area contributed by atoms with Crippen molar-refractivity contribution in [3.05, 3.63) is 30.1 Å². The topological polar surface area (TPSA) is 3.88 Å². The first kappa shape index (κ1) is 17.2. The van der Waals surface area contributed by atoms with Gasteiger partial charge in [-0.3, -0.25) is 0 Å². The summed E-state index contributed by atoms with van der Waals surface area (Å²) in [5.74, 6) is 0. The molecular formula is C10H16F6NP. The fourth-order valence-corrected chi connectivity index (χ4v) is 1.13. The summed E-state index contributed by atoms with van der Waals surface area (Å²) in [7, 11) is -10.7. The Morgan fingerprint density at radius 1 is 1.11 bits per heavy atom. The van der Waals surface area contributed by atoms with Gasteiger partial charge >= 0.3 is 33.0 Å². The summed E-state index contributed by atoms with van der Waals surface area (Å²) >= 11 is 0. The molecule has 0 spiro atoms. The van der Waals surface area contributed by atoms with E-state index in [4.69, 9.17) is 0 Å². The summed E-state index contributed by atoms with van der Waals surface area (Å²) in [6, 6.07) is 4.23. The molecule has 0 atom stereocenters. The molecule has 1 aromatic rings. The number of aryl methyl sites for hydroxylation is 2. The fraction of sp³-hybridized carbons (Fsp3) is 0.500. The van der Waals surface area contributed by atoms with E-state index >= 15 is 0 Å². The molecule has 0 aliphatic carbocycles. The third-order valence-electron chi connectivity index (χ3n) is 1.78. The van der Waals surface area contributed by atoms with Crippen LogP contribution in [0, 0.1) is 6.92 Å². The molecule has 0 saturated carbocycles. The summed E-state index contributed by atoms with van der Waals surface area (Å²) in [5.41, 5.74) is 1.34. The number of halogens is 6. The number of nitrogens with zero attached hydrogens (tertiary/aromatic N) is 1. The van der Waals surface area contributed by atoms with Crippen molar-refractivity contribution >= 4 is 7.81 Å². The number of hydrogen-bond donors (Lipinski definition) is 0. The van der Waals surface area contributed by atoms with Gasteiger partial charge in [-0.1, -0.05) is 13.3 Å². The maximum absolute atomic E-state index is 10.7. The zero-order valence-corrected chi connectivity index (χ0v) is 11.0. The number of rotatable bonds is 3. The number of aromatic nitrogens is 1. The predicted octanol–water partition coefficient (Wildman–Crippen LogP) is 5.47. The Bertz CT molecular complexity index is 374. The average molecular weight is 295 g/mol. The van der Waals surface area contributed by atoms with Crippen LogP contribution >= 0.6 is 7.81 Å². The molecule has 1 aromatic heterocycles. The van der Waals surface area contributed by atoms with Crippen molar-refractivity contribution in [2.24, 2.45) is 0 Å². The van der Waals surface area contributed by atoms with Crippen molar-refractivity contribution in [2.45, 2.75) is 33.2 Å². The van der Waals surface area contributed by atoms with Crippen LogP contribution in [-0.2, 0) is 6.54 Å². The fourth-order valence-electron chi connectivity index (χ4n) is 1.13. The van der Waals surface area contributed by atoms with Crippen LogP contribution < -0.4 is 4.57 Å². The Morgan fingerprint density at radius 2 is 1.61 bits per heavy atom. The molecule has 0 N–H and O–H groups in total. The van der Waals surface area contributed by atoms with E-state index in [9.17, 15) is 25.2 Å². The minimum atomic E-state index is -10.7. The molecule has 0 bridgehead atoms. The van der Waals surface area contributed by atoms with Gasteiger partial charge in [-0.2, -0.15) is 0 Å². The normalized spacial score (nSPS) is 15.1. The van der Waals surface area contributed by atoms with Crippen molar-refractivity contribution in [1.29, 1.82) is 0 Å². The molecule has 1 rings (SSSR count). The average Bonchev–Trinajstić information content (AvgIpc) is 2.10. The van der Waals surface area contributed by atoms with Gasteiger partial charge in [0.25, 0.3) is 0 Å². The Morgan fingerprint density at radius 3 is 2.00 bits per heavy atom. The van der Waals surface area contributed by atoms with Gasteiger partial charge in [0, 0.05) is 18.1 Å². The van der Waals surface area contributed by atoms with Crippen molar-refractivity contribution in [3.8, 4) is 0 Å². The summed E-state index contributed by atoms with van der Waals surface area (Å²) in [6.07, 6.45) is 6.85. The first-order valence-corrected chi connectivity index (χ1v) is 7.33. The standard InChI is InChI=1S/C10H16N.F6P/c1-3-4-7-11-8-5-6-10(2)9-11;1-7(2,3,4,5)6/h5-6,8-9H,3-4,7H2,1-2H3;/q+1;-1. The summed E-state index contributed by atoms with van der Waals surface area (Å²) < 4.78 is 61.4. The molecule has 0 radical (unpaired) electrons. The summed E-state index contributed by atoms with van der Waals surface area (Å²) in [4.78, 5) is 0. The Kier molecular flexibility index (Phi) is 4.80. The van der Waals surface area contributed by atoms with E-state index in [0.29, 0.717) is 0 Å². The Hall–Kier alpha value is -0.840. The predicted molar refractivity (Wildman–Crippen MR) is 59.9 cm³/mol. The van der Waals surface area contributed by atoms with Gasteiger partial charge in [0.2, 0.25) is 0 Å². The van der Waals surface area contributed by atoms with Gasteiger partial charge in [-0.15, -0.1) is 0 Å². The summed E-state index contributed by atoms with van der Waals surface area (Å²) in [6.45, 7) is 5.50. The molecule has 0 fully saturated rings. The van der Waals surface area contributed by atoms with Gasteiger partial charge in [0.05, 0.1) is 0 Å². The van der Waals surface area contributed by atoms with Crippen molar-refractivity contribution < 1.29 is 29.7 Å². The zero-order valence-electron chi connectivity index (χ0n) is 10.1. The molecule has 0 unspecified atom stereocenters. The van der Waals surface area contributed by atoms with Gasteiger partial charge in [-0.25, -0.2) is 4.57 Å². The van der Waals surface area contributed by atoms with Crippen LogP contribution in [0.2, 0.25) is 0 Å². The van der Waals surface area contributed by atoms with Gasteiger partial charge in [-0.05, 0) is 13.0 Å². The van der Waals surface area contributed by atoms with Crippen molar-refractivity contribution in [3.63, 3.8) is 0 Å². The van der Waals surface area contributed by atoms with Gasteiger partial charge < -0.3 is 0 Å². The molecule has 0 amide bonds. The van der Waals surface area contributed by atoms with E-state index in [1.807, 2.05) is 0 Å². The van der Waals surface area contributed by atoms with Crippen molar-refractivity contribution in [1.82, 2.24) is 0 Å². The summed E-state index contributed by atoms with van der Waals surface area (Å²) in [5, 5.41) is 0. The SMILES string of the molecule is CCCC[n+]1cccc(C)c1.F[P-](F)(F)(F)(F)F. The molecule has 18 heavy (non-hydrogen) atoms. The number of pyridine rings is 1. The quantitative estimate of drug-likeness (QED) is 0.396. The second-order valence-electron chi connectivity index (χ2n) is 3.93. The van der Waals surface area contributed by atoms with Crippen LogP contribution in [0.15, 0.2) is 24.5 Å². The van der Waals surface area contributed by atoms with E-state index < -0.39 is 7.81 Å². The first-order chi connectivity index (χ1) is 7.78. The van der Waals surface area contributed by atoms with Crippen LogP contribution in [0.1, 0.15) is 25.3 Å². The molecule has 108 valence electrons. The van der Waals surface area contributed by atoms with Gasteiger partial charge in [0.15, 0.2) is 12.4 Å². The van der Waals surface area contributed by atoms with E-state index in [0.717, 1.165) is 6.54 Å². The molecule has 8 heteroatoms. The minimum absolute atomic E-state index is 1.15. The van der Waals surface area contributed by atoms with Crippen LogP contribution in [0.4, 0.5) is 25.2 Å². The molecule has 0 aromatic carbocycles.